The Kier molecular flexibility index (Phi) is 4.10. The van der Waals surface area contributed by atoms with Crippen molar-refractivity contribution in [2.75, 3.05) is 31.4 Å². The number of carbonyl (C=O) groups excluding carboxylic acids is 1. The van der Waals surface area contributed by atoms with Crippen LogP contribution in [0.25, 0.3) is 0 Å². The average Bonchev–Trinajstić information content (AvgIpc) is 2.60. The summed E-state index contributed by atoms with van der Waals surface area (Å²) in [7, 11) is 3.13. The number of ether oxygens (including phenoxy) is 2. The van der Waals surface area contributed by atoms with Crippen LogP contribution in [0.3, 0.4) is 0 Å². The molecule has 5 heteroatoms. The van der Waals surface area contributed by atoms with Gasteiger partial charge in [0, 0.05) is 24.0 Å². The second kappa shape index (κ2) is 6.20. The fraction of sp³-hybridized carbons (Fsp3) is 0.278. The number of nitrogen functional groups attached to an aromatic ring is 1. The Balaban J connectivity index is 2.01. The Morgan fingerprint density at radius 2 is 2.00 bits per heavy atom. The maximum atomic E-state index is 13.0. The van der Waals surface area contributed by atoms with E-state index in [1.165, 1.54) is 0 Å². The lowest BCUT2D eigenvalue weighted by molar-refractivity contribution is 0.0982. The summed E-state index contributed by atoms with van der Waals surface area (Å²) >= 11 is 0. The van der Waals surface area contributed by atoms with Crippen molar-refractivity contribution >= 4 is 17.3 Å². The van der Waals surface area contributed by atoms with Crippen molar-refractivity contribution in [3.63, 3.8) is 0 Å². The highest BCUT2D eigenvalue weighted by atomic mass is 16.5. The number of hydrogen-bond acceptors (Lipinski definition) is 4. The molecule has 0 saturated heterocycles. The monoisotopic (exact) mass is 312 g/mol. The van der Waals surface area contributed by atoms with Crippen molar-refractivity contribution in [2.45, 2.75) is 12.8 Å². The van der Waals surface area contributed by atoms with Gasteiger partial charge in [0.2, 0.25) is 0 Å². The Morgan fingerprint density at radius 1 is 1.17 bits per heavy atom. The van der Waals surface area contributed by atoms with Gasteiger partial charge in [-0.2, -0.15) is 0 Å². The number of nitrogens with two attached hydrogens (primary N) is 1. The highest BCUT2D eigenvalue weighted by Gasteiger charge is 2.26. The Hall–Kier alpha value is -2.69. The summed E-state index contributed by atoms with van der Waals surface area (Å²) < 4.78 is 10.5. The van der Waals surface area contributed by atoms with Crippen molar-refractivity contribution in [2.24, 2.45) is 0 Å². The largest absolute Gasteiger partial charge is 0.497 e. The van der Waals surface area contributed by atoms with Crippen LogP contribution in [0, 0.1) is 0 Å². The summed E-state index contributed by atoms with van der Waals surface area (Å²) in [6.07, 6.45) is 1.79. The Morgan fingerprint density at radius 3 is 2.74 bits per heavy atom. The zero-order valence-electron chi connectivity index (χ0n) is 13.3. The number of carbonyl (C=O) groups is 1. The average molecular weight is 312 g/mol. The van der Waals surface area contributed by atoms with Gasteiger partial charge in [0.1, 0.15) is 11.5 Å². The molecule has 1 heterocycles. The maximum absolute atomic E-state index is 13.0. The molecule has 1 aliphatic rings. The van der Waals surface area contributed by atoms with Crippen molar-refractivity contribution in [1.82, 2.24) is 0 Å². The zero-order valence-corrected chi connectivity index (χ0v) is 13.3. The first-order valence-electron chi connectivity index (χ1n) is 7.57. The molecule has 5 nitrogen and oxygen atoms in total. The number of methoxy groups -OCH3 is 2. The van der Waals surface area contributed by atoms with Gasteiger partial charge in [-0.3, -0.25) is 4.79 Å². The van der Waals surface area contributed by atoms with E-state index in [0.717, 1.165) is 29.8 Å². The molecule has 0 fully saturated rings. The maximum Gasteiger partial charge on any atom is 0.262 e. The second-order valence-corrected chi connectivity index (χ2v) is 5.47. The number of benzene rings is 2. The molecule has 0 unspecified atom stereocenters. The van der Waals surface area contributed by atoms with Gasteiger partial charge in [-0.05, 0) is 42.7 Å². The number of anilines is 2. The van der Waals surface area contributed by atoms with Gasteiger partial charge in [0.25, 0.3) is 5.91 Å². The van der Waals surface area contributed by atoms with Crippen LogP contribution in [0.2, 0.25) is 0 Å². The smallest absolute Gasteiger partial charge is 0.262 e. The molecule has 1 aliphatic heterocycles. The fourth-order valence-corrected chi connectivity index (χ4v) is 2.98. The molecule has 2 aromatic carbocycles. The van der Waals surface area contributed by atoms with Gasteiger partial charge in [-0.15, -0.1) is 0 Å². The molecule has 0 bridgehead atoms. The van der Waals surface area contributed by atoms with Crippen LogP contribution >= 0.6 is 0 Å². The number of hydrogen-bond donors (Lipinski definition) is 1. The quantitative estimate of drug-likeness (QED) is 0.885. The van der Waals surface area contributed by atoms with Crippen LogP contribution in [-0.4, -0.2) is 26.7 Å². The molecule has 3 rings (SSSR count). The van der Waals surface area contributed by atoms with Crippen molar-refractivity contribution < 1.29 is 14.3 Å². The summed E-state index contributed by atoms with van der Waals surface area (Å²) in [5.41, 5.74) is 9.24. The van der Waals surface area contributed by atoms with Crippen molar-refractivity contribution in [1.29, 1.82) is 0 Å². The first kappa shape index (κ1) is 15.2. The second-order valence-electron chi connectivity index (χ2n) is 5.47. The summed E-state index contributed by atoms with van der Waals surface area (Å²) in [5, 5.41) is 0. The van der Waals surface area contributed by atoms with E-state index in [4.69, 9.17) is 15.2 Å². The third kappa shape index (κ3) is 2.70. The highest BCUT2D eigenvalue weighted by molar-refractivity contribution is 6.09. The van der Waals surface area contributed by atoms with E-state index >= 15 is 0 Å². The molecule has 120 valence electrons. The summed E-state index contributed by atoms with van der Waals surface area (Å²) in [4.78, 5) is 14.8. The van der Waals surface area contributed by atoms with Gasteiger partial charge < -0.3 is 20.1 Å². The first-order valence-corrected chi connectivity index (χ1v) is 7.57. The summed E-state index contributed by atoms with van der Waals surface area (Å²) in [6.45, 7) is 0.671. The standard InChI is InChI=1S/C18H20N2O3/c1-22-12-8-9-14(17(11-12)23-2)18(21)20-10-4-5-13-15(19)6-3-7-16(13)20/h3,6-9,11H,4-5,10,19H2,1-2H3. The molecule has 0 aromatic heterocycles. The van der Waals surface area contributed by atoms with Crippen LogP contribution in [0.1, 0.15) is 22.3 Å². The van der Waals surface area contributed by atoms with Crippen LogP contribution in [-0.2, 0) is 6.42 Å². The molecular formula is C18H20N2O3. The lowest BCUT2D eigenvalue weighted by Crippen LogP contribution is -2.36. The van der Waals surface area contributed by atoms with Crippen molar-refractivity contribution in [3.8, 4) is 11.5 Å². The molecule has 2 aromatic rings. The molecule has 23 heavy (non-hydrogen) atoms. The topological polar surface area (TPSA) is 64.8 Å². The van der Waals surface area contributed by atoms with E-state index in [1.54, 1.807) is 37.3 Å². The molecular weight excluding hydrogens is 292 g/mol. The van der Waals surface area contributed by atoms with Gasteiger partial charge in [0.15, 0.2) is 0 Å². The minimum absolute atomic E-state index is 0.0870. The Bertz CT molecular complexity index is 743. The number of fused-ring (bicyclic) bond motifs is 1. The minimum atomic E-state index is -0.0870. The van der Waals surface area contributed by atoms with E-state index < -0.39 is 0 Å². The third-order valence-corrected chi connectivity index (χ3v) is 4.17. The minimum Gasteiger partial charge on any atom is -0.497 e. The fourth-order valence-electron chi connectivity index (χ4n) is 2.98. The number of amides is 1. The lowest BCUT2D eigenvalue weighted by Gasteiger charge is -2.30. The predicted octanol–water partition coefficient (Wildman–Crippen LogP) is 2.88. The zero-order chi connectivity index (χ0) is 16.4. The summed E-state index contributed by atoms with van der Waals surface area (Å²) in [6, 6.07) is 10.9. The molecule has 0 spiro atoms. The highest BCUT2D eigenvalue weighted by Crippen LogP contribution is 2.34. The van der Waals surface area contributed by atoms with Gasteiger partial charge >= 0.3 is 0 Å². The molecule has 0 radical (unpaired) electrons. The third-order valence-electron chi connectivity index (χ3n) is 4.17. The van der Waals surface area contributed by atoms with Gasteiger partial charge in [-0.25, -0.2) is 0 Å². The van der Waals surface area contributed by atoms with Crippen LogP contribution < -0.4 is 20.1 Å². The predicted molar refractivity (Wildman–Crippen MR) is 90.4 cm³/mol. The molecule has 0 saturated carbocycles. The number of nitrogens with zero attached hydrogens (tertiary/aromatic N) is 1. The van der Waals surface area contributed by atoms with Crippen LogP contribution in [0.5, 0.6) is 11.5 Å². The molecule has 2 N–H and O–H groups in total. The van der Waals surface area contributed by atoms with E-state index in [9.17, 15) is 4.79 Å². The SMILES string of the molecule is COc1ccc(C(=O)N2CCCc3c(N)cccc32)c(OC)c1. The van der Waals surface area contributed by atoms with E-state index in [-0.39, 0.29) is 5.91 Å². The number of rotatable bonds is 3. The van der Waals surface area contributed by atoms with Gasteiger partial charge in [0.05, 0.1) is 19.8 Å². The van der Waals surface area contributed by atoms with E-state index in [1.807, 2.05) is 18.2 Å². The van der Waals surface area contributed by atoms with E-state index in [0.29, 0.717) is 23.6 Å². The van der Waals surface area contributed by atoms with E-state index in [2.05, 4.69) is 0 Å². The summed E-state index contributed by atoms with van der Waals surface area (Å²) in [5.74, 6) is 1.07. The first-order chi connectivity index (χ1) is 11.2. The normalized spacial score (nSPS) is 13.4. The lowest BCUT2D eigenvalue weighted by atomic mass is 9.99. The van der Waals surface area contributed by atoms with Crippen LogP contribution in [0.4, 0.5) is 11.4 Å². The Labute approximate surface area is 135 Å². The molecule has 1 amide bonds. The molecule has 0 aliphatic carbocycles. The molecule has 0 atom stereocenters. The van der Waals surface area contributed by atoms with Crippen molar-refractivity contribution in [3.05, 3.63) is 47.5 Å². The van der Waals surface area contributed by atoms with Gasteiger partial charge in [-0.1, -0.05) is 6.07 Å². The van der Waals surface area contributed by atoms with Crippen LogP contribution in [0.15, 0.2) is 36.4 Å².